The van der Waals surface area contributed by atoms with Crippen molar-refractivity contribution in [2.24, 2.45) is 5.92 Å². The average molecular weight is 311 g/mol. The summed E-state index contributed by atoms with van der Waals surface area (Å²) in [6.45, 7) is 11.3. The number of hydrogen-bond acceptors (Lipinski definition) is 3. The van der Waals surface area contributed by atoms with Crippen LogP contribution >= 0.6 is 0 Å². The molecule has 0 aliphatic carbocycles. The summed E-state index contributed by atoms with van der Waals surface area (Å²) in [5.74, 6) is -0.275. The van der Waals surface area contributed by atoms with E-state index in [9.17, 15) is 13.2 Å². The predicted octanol–water partition coefficient (Wildman–Crippen LogP) is 3.16. The second kappa shape index (κ2) is 6.60. The van der Waals surface area contributed by atoms with Crippen LogP contribution in [0.5, 0.6) is 0 Å². The van der Waals surface area contributed by atoms with Crippen LogP contribution < -0.4 is 4.72 Å². The summed E-state index contributed by atoms with van der Waals surface area (Å²) in [5, 5.41) is 0. The van der Waals surface area contributed by atoms with Gasteiger partial charge in [0.15, 0.2) is 0 Å². The lowest BCUT2D eigenvalue weighted by Crippen LogP contribution is -2.32. The van der Waals surface area contributed by atoms with Gasteiger partial charge < -0.3 is 0 Å². The average Bonchev–Trinajstić information content (AvgIpc) is 2.34. The molecule has 5 heteroatoms. The second-order valence-electron chi connectivity index (χ2n) is 5.84. The van der Waals surface area contributed by atoms with E-state index in [1.807, 2.05) is 33.8 Å². The summed E-state index contributed by atoms with van der Waals surface area (Å²) in [6.07, 6.45) is 1.06. The smallest absolute Gasteiger partial charge is 0.264 e. The van der Waals surface area contributed by atoms with Gasteiger partial charge in [-0.2, -0.15) is 0 Å². The van der Waals surface area contributed by atoms with Crippen molar-refractivity contribution >= 4 is 15.9 Å². The molecular formula is C16H25NO3S. The van der Waals surface area contributed by atoms with Crippen LogP contribution in [0.15, 0.2) is 11.0 Å². The van der Waals surface area contributed by atoms with Gasteiger partial charge in [0.25, 0.3) is 10.0 Å². The van der Waals surface area contributed by atoms with E-state index in [1.165, 1.54) is 0 Å². The molecule has 118 valence electrons. The Balaban J connectivity index is 3.15. The van der Waals surface area contributed by atoms with Gasteiger partial charge >= 0.3 is 0 Å². The van der Waals surface area contributed by atoms with Crippen molar-refractivity contribution in [1.29, 1.82) is 0 Å². The number of benzene rings is 1. The number of carbonyl (C=O) groups is 1. The Morgan fingerprint density at radius 3 is 2.24 bits per heavy atom. The van der Waals surface area contributed by atoms with E-state index in [2.05, 4.69) is 4.72 Å². The molecule has 21 heavy (non-hydrogen) atoms. The van der Waals surface area contributed by atoms with Crippen LogP contribution in [0, 0.1) is 33.6 Å². The highest BCUT2D eigenvalue weighted by atomic mass is 32.2. The molecule has 0 aliphatic heterocycles. The lowest BCUT2D eigenvalue weighted by Gasteiger charge is -2.16. The molecule has 0 radical (unpaired) electrons. The van der Waals surface area contributed by atoms with Gasteiger partial charge in [-0.25, -0.2) is 13.1 Å². The Labute approximate surface area is 128 Å². The van der Waals surface area contributed by atoms with Gasteiger partial charge in [0, 0.05) is 6.42 Å². The van der Waals surface area contributed by atoms with Gasteiger partial charge in [0.1, 0.15) is 0 Å². The molecule has 0 aliphatic rings. The summed E-state index contributed by atoms with van der Waals surface area (Å²) < 4.78 is 27.2. The third-order valence-corrected chi connectivity index (χ3v) is 5.70. The Kier molecular flexibility index (Phi) is 5.56. The minimum absolute atomic E-state index is 0.169. The van der Waals surface area contributed by atoms with Crippen LogP contribution in [0.4, 0.5) is 0 Å². The fraction of sp³-hybridized carbons (Fsp3) is 0.562. The van der Waals surface area contributed by atoms with Crippen molar-refractivity contribution in [3.63, 3.8) is 0 Å². The minimum atomic E-state index is -3.81. The van der Waals surface area contributed by atoms with Crippen LogP contribution in [-0.2, 0) is 14.8 Å². The third-order valence-electron chi connectivity index (χ3n) is 4.03. The van der Waals surface area contributed by atoms with Crippen LogP contribution in [0.3, 0.4) is 0 Å². The number of amides is 1. The highest BCUT2D eigenvalue weighted by Gasteiger charge is 2.24. The van der Waals surface area contributed by atoms with Gasteiger partial charge in [0.05, 0.1) is 4.90 Å². The van der Waals surface area contributed by atoms with Crippen LogP contribution in [0.25, 0.3) is 0 Å². The van der Waals surface area contributed by atoms with Crippen molar-refractivity contribution in [2.45, 2.75) is 59.3 Å². The Morgan fingerprint density at radius 2 is 1.71 bits per heavy atom. The summed E-state index contributed by atoms with van der Waals surface area (Å²) in [4.78, 5) is 12.1. The van der Waals surface area contributed by atoms with Crippen molar-refractivity contribution in [3.8, 4) is 0 Å². The van der Waals surface area contributed by atoms with Crippen molar-refractivity contribution in [2.75, 3.05) is 0 Å². The van der Waals surface area contributed by atoms with E-state index in [0.29, 0.717) is 11.1 Å². The van der Waals surface area contributed by atoms with Crippen LogP contribution in [0.1, 0.15) is 48.9 Å². The summed E-state index contributed by atoms with van der Waals surface area (Å²) in [5.41, 5.74) is 3.36. The Morgan fingerprint density at radius 1 is 1.14 bits per heavy atom. The molecule has 4 nitrogen and oxygen atoms in total. The first kappa shape index (κ1) is 17.7. The molecule has 0 saturated heterocycles. The molecule has 0 bridgehead atoms. The molecule has 1 N–H and O–H groups in total. The number of hydrogen-bond donors (Lipinski definition) is 1. The summed E-state index contributed by atoms with van der Waals surface area (Å²) in [7, 11) is -3.81. The molecule has 1 unspecified atom stereocenters. The molecule has 1 aromatic carbocycles. The molecule has 1 atom stereocenters. The number of aryl methyl sites for hydroxylation is 2. The van der Waals surface area contributed by atoms with Crippen molar-refractivity contribution in [3.05, 3.63) is 28.3 Å². The highest BCUT2D eigenvalue weighted by molar-refractivity contribution is 7.90. The Hall–Kier alpha value is -1.36. The van der Waals surface area contributed by atoms with Crippen molar-refractivity contribution in [1.82, 2.24) is 4.72 Å². The fourth-order valence-corrected chi connectivity index (χ4v) is 3.90. The minimum Gasteiger partial charge on any atom is -0.274 e. The van der Waals surface area contributed by atoms with E-state index >= 15 is 0 Å². The van der Waals surface area contributed by atoms with Crippen LogP contribution in [-0.4, -0.2) is 14.3 Å². The number of carbonyl (C=O) groups excluding carboxylic acids is 1. The van der Waals surface area contributed by atoms with E-state index < -0.39 is 15.9 Å². The SMILES string of the molecule is CCC(C)CC(=O)NS(=O)(=O)c1c(C)cc(C)c(C)c1C. The molecule has 1 amide bonds. The third kappa shape index (κ3) is 4.06. The maximum absolute atomic E-state index is 12.5. The molecule has 0 aromatic heterocycles. The van der Waals surface area contributed by atoms with E-state index in [0.717, 1.165) is 17.5 Å². The first-order valence-electron chi connectivity index (χ1n) is 7.23. The lowest BCUT2D eigenvalue weighted by atomic mass is 10.0. The predicted molar refractivity (Wildman–Crippen MR) is 84.8 cm³/mol. The van der Waals surface area contributed by atoms with E-state index in [1.54, 1.807) is 13.8 Å². The monoisotopic (exact) mass is 311 g/mol. The number of rotatable bonds is 5. The highest BCUT2D eigenvalue weighted by Crippen LogP contribution is 2.25. The fourth-order valence-electron chi connectivity index (χ4n) is 2.38. The largest absolute Gasteiger partial charge is 0.274 e. The molecule has 0 saturated carbocycles. The van der Waals surface area contributed by atoms with Crippen LogP contribution in [0.2, 0.25) is 0 Å². The summed E-state index contributed by atoms with van der Waals surface area (Å²) >= 11 is 0. The standard InChI is InChI=1S/C16H25NO3S/c1-7-10(2)8-15(18)17-21(19,20)16-12(4)9-11(3)13(5)14(16)6/h9-10H,7-8H2,1-6H3,(H,17,18). The zero-order chi connectivity index (χ0) is 16.4. The molecular weight excluding hydrogens is 286 g/mol. The van der Waals surface area contributed by atoms with Gasteiger partial charge in [-0.05, 0) is 55.9 Å². The quantitative estimate of drug-likeness (QED) is 0.908. The zero-order valence-electron chi connectivity index (χ0n) is 13.7. The van der Waals surface area contributed by atoms with E-state index in [-0.39, 0.29) is 17.2 Å². The van der Waals surface area contributed by atoms with Gasteiger partial charge in [-0.3, -0.25) is 4.79 Å². The molecule has 0 heterocycles. The number of sulfonamides is 1. The van der Waals surface area contributed by atoms with Gasteiger partial charge in [-0.15, -0.1) is 0 Å². The number of nitrogens with one attached hydrogen (secondary N) is 1. The van der Waals surface area contributed by atoms with Gasteiger partial charge in [-0.1, -0.05) is 26.3 Å². The van der Waals surface area contributed by atoms with Crippen molar-refractivity contribution < 1.29 is 13.2 Å². The maximum atomic E-state index is 12.5. The maximum Gasteiger partial charge on any atom is 0.264 e. The second-order valence-corrected chi connectivity index (χ2v) is 7.45. The van der Waals surface area contributed by atoms with E-state index in [4.69, 9.17) is 0 Å². The summed E-state index contributed by atoms with van der Waals surface area (Å²) in [6, 6.07) is 1.84. The van der Waals surface area contributed by atoms with Gasteiger partial charge in [0.2, 0.25) is 5.91 Å². The first-order chi connectivity index (χ1) is 9.60. The molecule has 1 rings (SSSR count). The lowest BCUT2D eigenvalue weighted by molar-refractivity contribution is -0.120. The molecule has 0 spiro atoms. The molecule has 1 aromatic rings. The first-order valence-corrected chi connectivity index (χ1v) is 8.71. The Bertz CT molecular complexity index is 648. The topological polar surface area (TPSA) is 63.2 Å². The normalized spacial score (nSPS) is 13.0. The zero-order valence-corrected chi connectivity index (χ0v) is 14.5. The molecule has 0 fully saturated rings.